The lowest BCUT2D eigenvalue weighted by Crippen LogP contribution is -2.26. The Labute approximate surface area is 193 Å². The van der Waals surface area contributed by atoms with E-state index in [9.17, 15) is 9.18 Å². The van der Waals surface area contributed by atoms with E-state index in [1.807, 2.05) is 31.2 Å². The summed E-state index contributed by atoms with van der Waals surface area (Å²) in [5.41, 5.74) is 6.53. The zero-order chi connectivity index (χ0) is 23.2. The highest BCUT2D eigenvalue weighted by atomic mass is 19.1. The number of carbonyl (C=O) groups is 1. The molecule has 3 aromatic rings. The van der Waals surface area contributed by atoms with E-state index in [1.165, 1.54) is 17.7 Å². The molecule has 5 heteroatoms. The molecule has 0 radical (unpaired) electrons. The van der Waals surface area contributed by atoms with Crippen LogP contribution in [0, 0.1) is 17.1 Å². The van der Waals surface area contributed by atoms with Crippen molar-refractivity contribution in [3.05, 3.63) is 112 Å². The number of halogens is 1. The molecule has 0 aromatic heterocycles. The number of rotatable bonds is 5. The molecule has 3 aromatic carbocycles. The SMILES string of the molecule is C[C@@H](NC(=O)c1cccc(C#N)c1)c1ccc(C(=C2CCNCC2)c2ccc(F)cc2)cc1. The molecule has 0 saturated carbocycles. The number of hydrogen-bond donors (Lipinski definition) is 2. The normalized spacial score (nSPS) is 14.3. The summed E-state index contributed by atoms with van der Waals surface area (Å²) >= 11 is 0. The van der Waals surface area contributed by atoms with Crippen LogP contribution in [0.2, 0.25) is 0 Å². The molecular weight excluding hydrogens is 413 g/mol. The molecule has 1 amide bonds. The second kappa shape index (κ2) is 10.2. The lowest BCUT2D eigenvalue weighted by molar-refractivity contribution is 0.0940. The summed E-state index contributed by atoms with van der Waals surface area (Å²) in [7, 11) is 0. The van der Waals surface area contributed by atoms with Crippen molar-refractivity contribution in [3.8, 4) is 6.07 Å². The van der Waals surface area contributed by atoms with Gasteiger partial charge in [0.15, 0.2) is 0 Å². The smallest absolute Gasteiger partial charge is 0.251 e. The van der Waals surface area contributed by atoms with Crippen LogP contribution in [0.15, 0.2) is 78.4 Å². The van der Waals surface area contributed by atoms with Gasteiger partial charge in [0.2, 0.25) is 0 Å². The van der Waals surface area contributed by atoms with E-state index < -0.39 is 0 Å². The van der Waals surface area contributed by atoms with Crippen LogP contribution in [-0.4, -0.2) is 19.0 Å². The fourth-order valence-corrected chi connectivity index (χ4v) is 4.20. The maximum absolute atomic E-state index is 13.5. The molecule has 33 heavy (non-hydrogen) atoms. The third-order valence-electron chi connectivity index (χ3n) is 5.99. The molecule has 1 fully saturated rings. The summed E-state index contributed by atoms with van der Waals surface area (Å²) in [6.07, 6.45) is 1.92. The zero-order valence-electron chi connectivity index (χ0n) is 18.6. The van der Waals surface area contributed by atoms with Crippen molar-refractivity contribution < 1.29 is 9.18 Å². The van der Waals surface area contributed by atoms with E-state index in [2.05, 4.69) is 28.8 Å². The van der Waals surface area contributed by atoms with Gasteiger partial charge in [-0.3, -0.25) is 4.79 Å². The van der Waals surface area contributed by atoms with Gasteiger partial charge < -0.3 is 10.6 Å². The van der Waals surface area contributed by atoms with Crippen molar-refractivity contribution in [1.82, 2.24) is 10.6 Å². The molecule has 0 aliphatic carbocycles. The third kappa shape index (κ3) is 5.36. The predicted octanol–water partition coefficient (Wildman–Crippen LogP) is 5.37. The topological polar surface area (TPSA) is 64.9 Å². The quantitative estimate of drug-likeness (QED) is 0.561. The molecule has 0 unspecified atom stereocenters. The van der Waals surface area contributed by atoms with Crippen LogP contribution in [0.4, 0.5) is 4.39 Å². The molecule has 0 bridgehead atoms. The number of amides is 1. The third-order valence-corrected chi connectivity index (χ3v) is 5.99. The summed E-state index contributed by atoms with van der Waals surface area (Å²) in [5.74, 6) is -0.457. The average Bonchev–Trinajstić information content (AvgIpc) is 2.86. The lowest BCUT2D eigenvalue weighted by atomic mass is 9.88. The molecule has 166 valence electrons. The molecule has 4 rings (SSSR count). The summed E-state index contributed by atoms with van der Waals surface area (Å²) in [5, 5.41) is 15.5. The first kappa shape index (κ1) is 22.4. The number of nitrogens with zero attached hydrogens (tertiary/aromatic N) is 1. The Balaban J connectivity index is 1.57. The van der Waals surface area contributed by atoms with Gasteiger partial charge in [-0.15, -0.1) is 0 Å². The molecule has 2 N–H and O–H groups in total. The number of nitriles is 1. The number of hydrogen-bond acceptors (Lipinski definition) is 3. The first-order valence-electron chi connectivity index (χ1n) is 11.1. The fourth-order valence-electron chi connectivity index (χ4n) is 4.20. The Kier molecular flexibility index (Phi) is 6.97. The highest BCUT2D eigenvalue weighted by Gasteiger charge is 2.16. The second-order valence-corrected chi connectivity index (χ2v) is 8.25. The summed E-state index contributed by atoms with van der Waals surface area (Å²) in [6, 6.07) is 23.4. The van der Waals surface area contributed by atoms with E-state index in [0.29, 0.717) is 11.1 Å². The first-order valence-corrected chi connectivity index (χ1v) is 11.1. The standard InChI is InChI=1S/C28H26FN3O/c1-19(32-28(33)25-4-2-3-20(17-25)18-30)21-5-7-22(8-6-21)27(24-13-15-31-16-14-24)23-9-11-26(29)12-10-23/h2-12,17,19,31H,13-16H2,1H3,(H,32,33)/t19-/m1/s1. The minimum Gasteiger partial charge on any atom is -0.346 e. The predicted molar refractivity (Wildman–Crippen MR) is 128 cm³/mol. The van der Waals surface area contributed by atoms with Crippen molar-refractivity contribution in [2.45, 2.75) is 25.8 Å². The van der Waals surface area contributed by atoms with Gasteiger partial charge in [0.1, 0.15) is 5.82 Å². The van der Waals surface area contributed by atoms with Crippen LogP contribution < -0.4 is 10.6 Å². The van der Waals surface area contributed by atoms with Crippen LogP contribution in [-0.2, 0) is 0 Å². The van der Waals surface area contributed by atoms with Gasteiger partial charge in [-0.25, -0.2) is 4.39 Å². The van der Waals surface area contributed by atoms with Gasteiger partial charge >= 0.3 is 0 Å². The van der Waals surface area contributed by atoms with Crippen molar-refractivity contribution in [2.75, 3.05) is 13.1 Å². The molecule has 1 atom stereocenters. The maximum Gasteiger partial charge on any atom is 0.251 e. The largest absolute Gasteiger partial charge is 0.346 e. The Hall–Kier alpha value is -3.75. The molecule has 1 aliphatic rings. The van der Waals surface area contributed by atoms with Gasteiger partial charge in [-0.1, -0.05) is 48.0 Å². The number of carbonyl (C=O) groups excluding carboxylic acids is 1. The molecule has 1 saturated heterocycles. The van der Waals surface area contributed by atoms with Crippen LogP contribution in [0.3, 0.4) is 0 Å². The lowest BCUT2D eigenvalue weighted by Gasteiger charge is -2.22. The minimum absolute atomic E-state index is 0.196. The zero-order valence-corrected chi connectivity index (χ0v) is 18.6. The van der Waals surface area contributed by atoms with Crippen LogP contribution >= 0.6 is 0 Å². The maximum atomic E-state index is 13.5. The molecular formula is C28H26FN3O. The summed E-state index contributed by atoms with van der Waals surface area (Å²) in [4.78, 5) is 12.6. The Morgan fingerprint density at radius 1 is 0.970 bits per heavy atom. The fraction of sp³-hybridized carbons (Fsp3) is 0.214. The van der Waals surface area contributed by atoms with Crippen LogP contribution in [0.25, 0.3) is 5.57 Å². The minimum atomic E-state index is -0.242. The van der Waals surface area contributed by atoms with E-state index in [0.717, 1.165) is 48.2 Å². The van der Waals surface area contributed by atoms with E-state index in [-0.39, 0.29) is 17.8 Å². The van der Waals surface area contributed by atoms with Crippen molar-refractivity contribution >= 4 is 11.5 Å². The van der Waals surface area contributed by atoms with Gasteiger partial charge in [0.25, 0.3) is 5.91 Å². The molecule has 1 aliphatic heterocycles. The van der Waals surface area contributed by atoms with Crippen molar-refractivity contribution in [1.29, 1.82) is 5.26 Å². The average molecular weight is 440 g/mol. The second-order valence-electron chi connectivity index (χ2n) is 8.25. The monoisotopic (exact) mass is 439 g/mol. The van der Waals surface area contributed by atoms with Gasteiger partial charge in [-0.2, -0.15) is 5.26 Å². The van der Waals surface area contributed by atoms with Crippen molar-refractivity contribution in [2.24, 2.45) is 0 Å². The van der Waals surface area contributed by atoms with Gasteiger partial charge in [0, 0.05) is 5.56 Å². The van der Waals surface area contributed by atoms with Gasteiger partial charge in [0.05, 0.1) is 17.7 Å². The molecule has 1 heterocycles. The number of nitrogens with one attached hydrogen (secondary N) is 2. The van der Waals surface area contributed by atoms with Crippen LogP contribution in [0.5, 0.6) is 0 Å². The highest BCUT2D eigenvalue weighted by Crippen LogP contribution is 2.32. The van der Waals surface area contributed by atoms with E-state index >= 15 is 0 Å². The van der Waals surface area contributed by atoms with Gasteiger partial charge in [-0.05, 0) is 85.5 Å². The Morgan fingerprint density at radius 2 is 1.61 bits per heavy atom. The highest BCUT2D eigenvalue weighted by molar-refractivity contribution is 5.94. The number of piperidine rings is 1. The Morgan fingerprint density at radius 3 is 2.24 bits per heavy atom. The summed E-state index contributed by atoms with van der Waals surface area (Å²) in [6.45, 7) is 3.82. The van der Waals surface area contributed by atoms with E-state index in [4.69, 9.17) is 5.26 Å². The first-order chi connectivity index (χ1) is 16.0. The van der Waals surface area contributed by atoms with Crippen molar-refractivity contribution in [3.63, 3.8) is 0 Å². The number of benzene rings is 3. The van der Waals surface area contributed by atoms with Crippen LogP contribution in [0.1, 0.15) is 58.4 Å². The van der Waals surface area contributed by atoms with E-state index in [1.54, 1.807) is 24.3 Å². The Bertz CT molecular complexity index is 1200. The summed E-state index contributed by atoms with van der Waals surface area (Å²) < 4.78 is 13.5. The molecule has 0 spiro atoms. The molecule has 4 nitrogen and oxygen atoms in total.